The summed E-state index contributed by atoms with van der Waals surface area (Å²) in [6, 6.07) is 0.581. The molecular weight excluding hydrogens is 216 g/mol. The summed E-state index contributed by atoms with van der Waals surface area (Å²) in [6.45, 7) is 8.56. The number of oxime groups is 1. The van der Waals surface area contributed by atoms with Gasteiger partial charge in [0.05, 0.1) is 0 Å². The number of hydrogen-bond donors (Lipinski definition) is 3. The second-order valence-corrected chi connectivity index (χ2v) is 4.95. The first-order valence-corrected chi connectivity index (χ1v) is 6.60. The van der Waals surface area contributed by atoms with Crippen molar-refractivity contribution in [3.63, 3.8) is 0 Å². The van der Waals surface area contributed by atoms with Gasteiger partial charge in [0.15, 0.2) is 0 Å². The monoisotopic (exact) mass is 242 g/mol. The van der Waals surface area contributed by atoms with E-state index in [0.29, 0.717) is 11.9 Å². The Morgan fingerprint density at radius 2 is 2.18 bits per heavy atom. The minimum Gasteiger partial charge on any atom is -0.409 e. The Morgan fingerprint density at radius 3 is 2.71 bits per heavy atom. The number of nitrogens with two attached hydrogens (primary N) is 1. The molecule has 5 heteroatoms. The van der Waals surface area contributed by atoms with Crippen molar-refractivity contribution in [2.24, 2.45) is 16.8 Å². The molecule has 1 aliphatic rings. The molecule has 0 bridgehead atoms. The van der Waals surface area contributed by atoms with Gasteiger partial charge in [0.2, 0.25) is 0 Å². The Labute approximate surface area is 104 Å². The molecular formula is C12H26N4O. The molecule has 0 aliphatic carbocycles. The van der Waals surface area contributed by atoms with Crippen molar-refractivity contribution >= 4 is 5.84 Å². The average molecular weight is 242 g/mol. The summed E-state index contributed by atoms with van der Waals surface area (Å²) in [6.07, 6.45) is 3.63. The summed E-state index contributed by atoms with van der Waals surface area (Å²) in [5.74, 6) is 0.398. The first-order valence-electron chi connectivity index (χ1n) is 6.60. The van der Waals surface area contributed by atoms with E-state index < -0.39 is 0 Å². The van der Waals surface area contributed by atoms with Crippen molar-refractivity contribution in [1.82, 2.24) is 10.2 Å². The van der Waals surface area contributed by atoms with Gasteiger partial charge in [0.25, 0.3) is 0 Å². The fourth-order valence-corrected chi connectivity index (χ4v) is 2.22. The molecule has 0 aromatic rings. The summed E-state index contributed by atoms with van der Waals surface area (Å²) in [7, 11) is 0. The van der Waals surface area contributed by atoms with E-state index in [2.05, 4.69) is 22.3 Å². The molecule has 1 heterocycles. The number of amidine groups is 1. The van der Waals surface area contributed by atoms with Crippen LogP contribution in [0.15, 0.2) is 5.16 Å². The standard InChI is InChI=1S/C12H26N4O/c1-3-6-16-7-4-11(5-8-16)14-9-10(2)12(13)15-17/h10-11,14,17H,3-9H2,1-2H3,(H2,13,15). The number of hydrogen-bond acceptors (Lipinski definition) is 4. The quantitative estimate of drug-likeness (QED) is 0.279. The molecule has 4 N–H and O–H groups in total. The summed E-state index contributed by atoms with van der Waals surface area (Å²) < 4.78 is 0. The summed E-state index contributed by atoms with van der Waals surface area (Å²) >= 11 is 0. The van der Waals surface area contributed by atoms with Gasteiger partial charge in [-0.15, -0.1) is 0 Å². The van der Waals surface area contributed by atoms with Crippen LogP contribution in [0.3, 0.4) is 0 Å². The highest BCUT2D eigenvalue weighted by Crippen LogP contribution is 2.10. The van der Waals surface area contributed by atoms with Gasteiger partial charge in [-0.2, -0.15) is 0 Å². The van der Waals surface area contributed by atoms with E-state index in [1.54, 1.807) is 0 Å². The second-order valence-electron chi connectivity index (χ2n) is 4.95. The lowest BCUT2D eigenvalue weighted by Gasteiger charge is -2.32. The maximum Gasteiger partial charge on any atom is 0.143 e. The molecule has 0 radical (unpaired) electrons. The molecule has 1 aliphatic heterocycles. The minimum atomic E-state index is 0.0914. The molecule has 1 saturated heterocycles. The fraction of sp³-hybridized carbons (Fsp3) is 0.917. The van der Waals surface area contributed by atoms with E-state index >= 15 is 0 Å². The zero-order valence-corrected chi connectivity index (χ0v) is 11.0. The lowest BCUT2D eigenvalue weighted by molar-refractivity contribution is 0.197. The molecule has 1 fully saturated rings. The zero-order valence-electron chi connectivity index (χ0n) is 11.0. The van der Waals surface area contributed by atoms with E-state index in [4.69, 9.17) is 10.9 Å². The third kappa shape index (κ3) is 4.91. The van der Waals surface area contributed by atoms with Crippen LogP contribution in [0.1, 0.15) is 33.1 Å². The topological polar surface area (TPSA) is 73.9 Å². The minimum absolute atomic E-state index is 0.0914. The molecule has 17 heavy (non-hydrogen) atoms. The van der Waals surface area contributed by atoms with Gasteiger partial charge < -0.3 is 21.2 Å². The van der Waals surface area contributed by atoms with Crippen LogP contribution in [0.4, 0.5) is 0 Å². The van der Waals surface area contributed by atoms with Crippen molar-refractivity contribution in [2.75, 3.05) is 26.2 Å². The number of nitrogens with zero attached hydrogens (tertiary/aromatic N) is 2. The first-order chi connectivity index (χ1) is 8.17. The molecule has 1 unspecified atom stereocenters. The van der Waals surface area contributed by atoms with Crippen molar-refractivity contribution < 1.29 is 5.21 Å². The number of rotatable bonds is 6. The Balaban J connectivity index is 2.18. The molecule has 1 atom stereocenters. The van der Waals surface area contributed by atoms with Crippen LogP contribution in [-0.4, -0.2) is 48.2 Å². The van der Waals surface area contributed by atoms with E-state index in [0.717, 1.165) is 6.54 Å². The van der Waals surface area contributed by atoms with Crippen molar-refractivity contribution in [1.29, 1.82) is 0 Å². The fourth-order valence-electron chi connectivity index (χ4n) is 2.22. The van der Waals surface area contributed by atoms with Crippen LogP contribution < -0.4 is 11.1 Å². The van der Waals surface area contributed by atoms with Crippen LogP contribution in [0.25, 0.3) is 0 Å². The predicted molar refractivity (Wildman–Crippen MR) is 70.3 cm³/mol. The van der Waals surface area contributed by atoms with Gasteiger partial charge in [-0.05, 0) is 38.9 Å². The molecule has 1 rings (SSSR count). The van der Waals surface area contributed by atoms with Gasteiger partial charge in [-0.25, -0.2) is 0 Å². The number of likely N-dealkylation sites (tertiary alicyclic amines) is 1. The predicted octanol–water partition coefficient (Wildman–Crippen LogP) is 0.833. The average Bonchev–Trinajstić information content (AvgIpc) is 2.37. The smallest absolute Gasteiger partial charge is 0.143 e. The van der Waals surface area contributed by atoms with Gasteiger partial charge >= 0.3 is 0 Å². The molecule has 5 nitrogen and oxygen atoms in total. The number of nitrogens with one attached hydrogen (secondary N) is 1. The largest absolute Gasteiger partial charge is 0.409 e. The van der Waals surface area contributed by atoms with Gasteiger partial charge in [-0.3, -0.25) is 0 Å². The summed E-state index contributed by atoms with van der Waals surface area (Å²) in [5, 5.41) is 15.1. The lowest BCUT2D eigenvalue weighted by Crippen LogP contribution is -2.45. The second kappa shape index (κ2) is 7.50. The van der Waals surface area contributed by atoms with Gasteiger partial charge in [0, 0.05) is 18.5 Å². The highest BCUT2D eigenvalue weighted by molar-refractivity contribution is 5.82. The molecule has 0 aromatic heterocycles. The van der Waals surface area contributed by atoms with Crippen LogP contribution >= 0.6 is 0 Å². The first kappa shape index (κ1) is 14.3. The maximum atomic E-state index is 8.56. The van der Waals surface area contributed by atoms with E-state index in [-0.39, 0.29) is 5.92 Å². The molecule has 0 saturated carbocycles. The molecule has 0 aromatic carbocycles. The Kier molecular flexibility index (Phi) is 6.29. The van der Waals surface area contributed by atoms with Gasteiger partial charge in [0.1, 0.15) is 5.84 Å². The lowest BCUT2D eigenvalue weighted by atomic mass is 10.0. The zero-order chi connectivity index (χ0) is 12.7. The van der Waals surface area contributed by atoms with Gasteiger partial charge in [-0.1, -0.05) is 19.0 Å². The SMILES string of the molecule is CCCN1CCC(NCC(C)/C(N)=N/O)CC1. The van der Waals surface area contributed by atoms with Crippen LogP contribution in [0.5, 0.6) is 0 Å². The highest BCUT2D eigenvalue weighted by atomic mass is 16.4. The normalized spacial score (nSPS) is 21.6. The third-order valence-corrected chi connectivity index (χ3v) is 3.46. The van der Waals surface area contributed by atoms with Crippen LogP contribution in [0.2, 0.25) is 0 Å². The Morgan fingerprint density at radius 1 is 1.53 bits per heavy atom. The van der Waals surface area contributed by atoms with E-state index in [9.17, 15) is 0 Å². The molecule has 100 valence electrons. The molecule has 0 amide bonds. The van der Waals surface area contributed by atoms with Crippen molar-refractivity contribution in [3.05, 3.63) is 0 Å². The maximum absolute atomic E-state index is 8.56. The van der Waals surface area contributed by atoms with Crippen LogP contribution in [0, 0.1) is 5.92 Å². The van der Waals surface area contributed by atoms with E-state index in [1.165, 1.54) is 38.9 Å². The van der Waals surface area contributed by atoms with Crippen LogP contribution in [-0.2, 0) is 0 Å². The number of piperidine rings is 1. The van der Waals surface area contributed by atoms with Crippen molar-refractivity contribution in [2.45, 2.75) is 39.2 Å². The third-order valence-electron chi connectivity index (χ3n) is 3.46. The Hall–Kier alpha value is -0.810. The summed E-state index contributed by atoms with van der Waals surface area (Å²) in [5.41, 5.74) is 5.55. The highest BCUT2D eigenvalue weighted by Gasteiger charge is 2.19. The van der Waals surface area contributed by atoms with Crippen molar-refractivity contribution in [3.8, 4) is 0 Å². The molecule has 0 spiro atoms. The van der Waals surface area contributed by atoms with E-state index in [1.807, 2.05) is 6.92 Å². The Bertz CT molecular complexity index is 237. The summed E-state index contributed by atoms with van der Waals surface area (Å²) in [4.78, 5) is 2.52.